The van der Waals surface area contributed by atoms with Crippen molar-refractivity contribution in [1.82, 2.24) is 10.6 Å². The zero-order valence-corrected chi connectivity index (χ0v) is 19.5. The second-order valence-corrected chi connectivity index (χ2v) is 10.1. The van der Waals surface area contributed by atoms with Gasteiger partial charge in [-0.15, -0.1) is 0 Å². The van der Waals surface area contributed by atoms with Crippen molar-refractivity contribution < 1.29 is 18.0 Å². The van der Waals surface area contributed by atoms with Crippen LogP contribution in [0.25, 0.3) is 0 Å². The number of amides is 2. The lowest BCUT2D eigenvalue weighted by atomic mass is 10.0. The number of halogens is 2. The number of nitrogens with one attached hydrogen (secondary N) is 2. The quantitative estimate of drug-likeness (QED) is 0.504. The minimum Gasteiger partial charge on any atom is -0.350 e. The summed E-state index contributed by atoms with van der Waals surface area (Å²) in [6.45, 7) is 4.12. The molecule has 0 unspecified atom stereocenters. The maximum atomic E-state index is 12.7. The van der Waals surface area contributed by atoms with Gasteiger partial charge in [-0.2, -0.15) is 0 Å². The predicted molar refractivity (Wildman–Crippen MR) is 122 cm³/mol. The molecule has 0 bridgehead atoms. The number of benzene rings is 2. The second kappa shape index (κ2) is 10.9. The van der Waals surface area contributed by atoms with Gasteiger partial charge in [0.05, 0.1) is 16.3 Å². The molecule has 0 aliphatic heterocycles. The minimum absolute atomic E-state index is 0.161. The van der Waals surface area contributed by atoms with Gasteiger partial charge in [0.15, 0.2) is 0 Å². The van der Waals surface area contributed by atoms with Gasteiger partial charge in [-0.05, 0) is 41.7 Å². The average molecular weight is 486 g/mol. The van der Waals surface area contributed by atoms with E-state index < -0.39 is 22.0 Å². The number of carbonyl (C=O) groups excluding carboxylic acids is 2. The second-order valence-electron chi connectivity index (χ2n) is 7.62. The third-order valence-electron chi connectivity index (χ3n) is 4.36. The molecule has 0 saturated carbocycles. The third kappa shape index (κ3) is 8.49. The Kier molecular flexibility index (Phi) is 8.88. The van der Waals surface area contributed by atoms with Crippen LogP contribution in [0.5, 0.6) is 0 Å². The maximum absolute atomic E-state index is 12.7. The highest BCUT2D eigenvalue weighted by Crippen LogP contribution is 2.21. The van der Waals surface area contributed by atoms with Gasteiger partial charge in [-0.25, -0.2) is 13.6 Å². The molecule has 4 N–H and O–H groups in total. The molecule has 0 radical (unpaired) electrons. The Morgan fingerprint density at radius 3 is 2.19 bits per heavy atom. The smallest absolute Gasteiger partial charge is 0.253 e. The summed E-state index contributed by atoms with van der Waals surface area (Å²) in [6, 6.07) is 10.5. The van der Waals surface area contributed by atoms with Gasteiger partial charge in [-0.3, -0.25) is 9.59 Å². The first-order valence-corrected chi connectivity index (χ1v) is 12.0. The molecule has 0 heterocycles. The van der Waals surface area contributed by atoms with Gasteiger partial charge >= 0.3 is 0 Å². The van der Waals surface area contributed by atoms with Gasteiger partial charge in [0.25, 0.3) is 5.91 Å². The maximum Gasteiger partial charge on any atom is 0.253 e. The summed E-state index contributed by atoms with van der Waals surface area (Å²) in [5.41, 5.74) is 1.57. The van der Waals surface area contributed by atoms with E-state index in [1.807, 2.05) is 13.8 Å². The molecular weight excluding hydrogens is 461 g/mol. The molecule has 7 nitrogen and oxygen atoms in total. The number of nitrogens with two attached hydrogens (primary N) is 1. The van der Waals surface area contributed by atoms with Crippen molar-refractivity contribution in [2.24, 2.45) is 11.1 Å². The summed E-state index contributed by atoms with van der Waals surface area (Å²) >= 11 is 12.0. The fourth-order valence-corrected chi connectivity index (χ4v) is 4.06. The highest BCUT2D eigenvalue weighted by Gasteiger charge is 2.23. The van der Waals surface area contributed by atoms with Crippen molar-refractivity contribution in [2.45, 2.75) is 38.6 Å². The molecular formula is C21H25Cl2N3O4S. The summed E-state index contributed by atoms with van der Waals surface area (Å²) in [6.07, 6.45) is 0.441. The number of sulfonamides is 1. The normalized spacial score (nSPS) is 12.5. The van der Waals surface area contributed by atoms with Crippen molar-refractivity contribution in [1.29, 1.82) is 0 Å². The first-order chi connectivity index (χ1) is 14.4. The van der Waals surface area contributed by atoms with Gasteiger partial charge in [0.1, 0.15) is 6.04 Å². The Labute approximate surface area is 192 Å². The highest BCUT2D eigenvalue weighted by molar-refractivity contribution is 7.88. The molecule has 0 fully saturated rings. The lowest BCUT2D eigenvalue weighted by Gasteiger charge is -2.20. The lowest BCUT2D eigenvalue weighted by Crippen LogP contribution is -2.47. The summed E-state index contributed by atoms with van der Waals surface area (Å²) in [5, 5.41) is 11.2. The van der Waals surface area contributed by atoms with Crippen LogP contribution in [-0.2, 0) is 27.1 Å². The Morgan fingerprint density at radius 1 is 1.03 bits per heavy atom. The molecule has 10 heteroatoms. The minimum atomic E-state index is -3.61. The molecule has 2 amide bonds. The topological polar surface area (TPSA) is 118 Å². The van der Waals surface area contributed by atoms with E-state index in [1.165, 1.54) is 12.1 Å². The van der Waals surface area contributed by atoms with E-state index in [4.69, 9.17) is 28.3 Å². The Bertz CT molecular complexity index is 1040. The van der Waals surface area contributed by atoms with Crippen LogP contribution >= 0.6 is 23.2 Å². The van der Waals surface area contributed by atoms with Gasteiger partial charge < -0.3 is 10.6 Å². The number of rotatable bonds is 9. The first kappa shape index (κ1) is 25.1. The Morgan fingerprint density at radius 2 is 1.65 bits per heavy atom. The monoisotopic (exact) mass is 485 g/mol. The molecule has 0 aliphatic rings. The SMILES string of the molecule is CC(C)C[C@@H](NC(=O)c1ccc(Cl)cc1Cl)C(=O)NCc1ccc(CS(N)(=O)=O)cc1. The lowest BCUT2D eigenvalue weighted by molar-refractivity contribution is -0.123. The summed E-state index contributed by atoms with van der Waals surface area (Å²) in [4.78, 5) is 25.4. The Hall–Kier alpha value is -2.13. The fraction of sp³-hybridized carbons (Fsp3) is 0.333. The van der Waals surface area contributed by atoms with Crippen LogP contribution in [0.4, 0.5) is 0 Å². The van der Waals surface area contributed by atoms with Crippen molar-refractivity contribution in [3.63, 3.8) is 0 Å². The predicted octanol–water partition coefficient (Wildman–Crippen LogP) is 3.24. The molecule has 2 aromatic carbocycles. The molecule has 2 aromatic rings. The van der Waals surface area contributed by atoms with Gasteiger partial charge in [0.2, 0.25) is 15.9 Å². The van der Waals surface area contributed by atoms with Crippen molar-refractivity contribution >= 4 is 45.0 Å². The van der Waals surface area contributed by atoms with E-state index in [0.29, 0.717) is 17.0 Å². The molecule has 0 aliphatic carbocycles. The zero-order chi connectivity index (χ0) is 23.2. The summed E-state index contributed by atoms with van der Waals surface area (Å²) in [7, 11) is -3.61. The highest BCUT2D eigenvalue weighted by atomic mass is 35.5. The van der Waals surface area contributed by atoms with Crippen LogP contribution in [0.1, 0.15) is 41.8 Å². The molecule has 168 valence electrons. The standard InChI is InChI=1S/C21H25Cl2N3O4S/c1-13(2)9-19(26-20(27)17-8-7-16(22)10-18(17)23)21(28)25-11-14-3-5-15(6-4-14)12-31(24,29)30/h3-8,10,13,19H,9,11-12H2,1-2H3,(H,25,28)(H,26,27)(H2,24,29,30)/t19-/m1/s1. The van der Waals surface area contributed by atoms with Crippen LogP contribution in [-0.4, -0.2) is 26.3 Å². The fourth-order valence-electron chi connectivity index (χ4n) is 2.91. The van der Waals surface area contributed by atoms with Crippen LogP contribution in [0.2, 0.25) is 10.0 Å². The largest absolute Gasteiger partial charge is 0.350 e. The molecule has 31 heavy (non-hydrogen) atoms. The molecule has 0 spiro atoms. The molecule has 1 atom stereocenters. The van der Waals surface area contributed by atoms with E-state index in [2.05, 4.69) is 10.6 Å². The van der Waals surface area contributed by atoms with Gasteiger partial charge in [0, 0.05) is 11.6 Å². The van der Waals surface area contributed by atoms with Crippen LogP contribution < -0.4 is 15.8 Å². The van der Waals surface area contributed by atoms with Gasteiger partial charge in [-0.1, -0.05) is 61.3 Å². The van der Waals surface area contributed by atoms with E-state index in [-0.39, 0.29) is 34.7 Å². The molecule has 0 aromatic heterocycles. The van der Waals surface area contributed by atoms with Crippen LogP contribution in [0.3, 0.4) is 0 Å². The van der Waals surface area contributed by atoms with Crippen LogP contribution in [0.15, 0.2) is 42.5 Å². The first-order valence-electron chi connectivity index (χ1n) is 9.56. The molecule has 2 rings (SSSR count). The Balaban J connectivity index is 2.03. The average Bonchev–Trinajstić information content (AvgIpc) is 2.65. The van der Waals surface area contributed by atoms with Crippen LogP contribution in [0, 0.1) is 5.92 Å². The number of hydrogen-bond donors (Lipinski definition) is 3. The summed E-state index contributed by atoms with van der Waals surface area (Å²) in [5.74, 6) is -0.889. The number of hydrogen-bond acceptors (Lipinski definition) is 4. The van der Waals surface area contributed by atoms with E-state index in [1.54, 1.807) is 30.3 Å². The molecule has 0 saturated heterocycles. The third-order valence-corrected chi connectivity index (χ3v) is 5.65. The van der Waals surface area contributed by atoms with Crippen molar-refractivity contribution in [2.75, 3.05) is 0 Å². The summed E-state index contributed by atoms with van der Waals surface area (Å²) < 4.78 is 22.3. The van der Waals surface area contributed by atoms with Crippen molar-refractivity contribution in [3.05, 3.63) is 69.2 Å². The number of primary sulfonamides is 1. The van der Waals surface area contributed by atoms with E-state index >= 15 is 0 Å². The van der Waals surface area contributed by atoms with E-state index in [0.717, 1.165) is 5.56 Å². The zero-order valence-electron chi connectivity index (χ0n) is 17.2. The number of carbonyl (C=O) groups is 2. The van der Waals surface area contributed by atoms with Crippen molar-refractivity contribution in [3.8, 4) is 0 Å². The van der Waals surface area contributed by atoms with E-state index in [9.17, 15) is 18.0 Å².